The van der Waals surface area contributed by atoms with Gasteiger partial charge in [0.15, 0.2) is 11.2 Å². The van der Waals surface area contributed by atoms with Crippen molar-refractivity contribution in [1.82, 2.24) is 10.2 Å². The zero-order valence-corrected chi connectivity index (χ0v) is 18.5. The van der Waals surface area contributed by atoms with Crippen molar-refractivity contribution in [2.45, 2.75) is 25.4 Å². The molecular formula is C27H26N2O4. The van der Waals surface area contributed by atoms with Gasteiger partial charge in [-0.2, -0.15) is 0 Å². The molecule has 33 heavy (non-hydrogen) atoms. The molecule has 0 unspecified atom stereocenters. The van der Waals surface area contributed by atoms with Gasteiger partial charge in [-0.1, -0.05) is 42.5 Å². The largest absolute Gasteiger partial charge is 0.497 e. The number of ether oxygens (including phenoxy) is 1. The molecule has 0 radical (unpaired) electrons. The van der Waals surface area contributed by atoms with Gasteiger partial charge < -0.3 is 14.5 Å². The van der Waals surface area contributed by atoms with Gasteiger partial charge in [0, 0.05) is 37.8 Å². The Bertz CT molecular complexity index is 1360. The van der Waals surface area contributed by atoms with Crippen molar-refractivity contribution in [3.8, 4) is 5.75 Å². The van der Waals surface area contributed by atoms with Crippen LogP contribution >= 0.6 is 0 Å². The van der Waals surface area contributed by atoms with Gasteiger partial charge in [0.1, 0.15) is 11.3 Å². The van der Waals surface area contributed by atoms with E-state index >= 15 is 0 Å². The van der Waals surface area contributed by atoms with Crippen molar-refractivity contribution in [3.63, 3.8) is 0 Å². The quantitative estimate of drug-likeness (QED) is 0.498. The van der Waals surface area contributed by atoms with Gasteiger partial charge in [-0.25, -0.2) is 0 Å². The average molecular weight is 443 g/mol. The molecule has 3 aromatic carbocycles. The lowest BCUT2D eigenvalue weighted by molar-refractivity contribution is 0.0881. The Morgan fingerprint density at radius 1 is 1.03 bits per heavy atom. The second-order valence-electron chi connectivity index (χ2n) is 8.50. The van der Waals surface area contributed by atoms with E-state index in [1.165, 1.54) is 22.4 Å². The van der Waals surface area contributed by atoms with Gasteiger partial charge in [0.25, 0.3) is 5.91 Å². The van der Waals surface area contributed by atoms with Crippen LogP contribution in [-0.2, 0) is 6.54 Å². The van der Waals surface area contributed by atoms with Crippen molar-refractivity contribution in [2.24, 2.45) is 0 Å². The highest BCUT2D eigenvalue weighted by Gasteiger charge is 2.23. The number of likely N-dealkylation sites (tertiary alicyclic amines) is 1. The van der Waals surface area contributed by atoms with E-state index in [9.17, 15) is 9.59 Å². The molecule has 1 aromatic heterocycles. The first-order valence-corrected chi connectivity index (χ1v) is 11.2. The van der Waals surface area contributed by atoms with Crippen LogP contribution < -0.4 is 15.5 Å². The summed E-state index contributed by atoms with van der Waals surface area (Å²) >= 11 is 0. The molecule has 0 aliphatic carbocycles. The SMILES string of the molecule is COc1ccc2c(=O)cc(C(=O)NC3CCN(Cc4cccc5ccccc45)CC3)oc2c1. The van der Waals surface area contributed by atoms with Crippen LogP contribution in [0.1, 0.15) is 29.0 Å². The molecule has 0 spiro atoms. The molecule has 5 rings (SSSR count). The Balaban J connectivity index is 1.23. The van der Waals surface area contributed by atoms with Gasteiger partial charge in [0.2, 0.25) is 0 Å². The first-order valence-electron chi connectivity index (χ1n) is 11.2. The maximum absolute atomic E-state index is 12.8. The van der Waals surface area contributed by atoms with Crippen LogP contribution in [0.3, 0.4) is 0 Å². The van der Waals surface area contributed by atoms with E-state index in [0.717, 1.165) is 32.5 Å². The fourth-order valence-electron chi connectivity index (χ4n) is 4.54. The maximum atomic E-state index is 12.8. The summed E-state index contributed by atoms with van der Waals surface area (Å²) in [6.07, 6.45) is 1.70. The van der Waals surface area contributed by atoms with Crippen molar-refractivity contribution in [1.29, 1.82) is 0 Å². The van der Waals surface area contributed by atoms with E-state index in [1.54, 1.807) is 25.3 Å². The molecule has 4 aromatic rings. The Kier molecular flexibility index (Phi) is 5.84. The molecule has 1 fully saturated rings. The number of fused-ring (bicyclic) bond motifs is 2. The number of carbonyl (C=O) groups is 1. The monoisotopic (exact) mass is 442 g/mol. The third kappa shape index (κ3) is 4.47. The number of rotatable bonds is 5. The number of hydrogen-bond donors (Lipinski definition) is 1. The number of amides is 1. The van der Waals surface area contributed by atoms with Crippen LogP contribution in [-0.4, -0.2) is 37.0 Å². The average Bonchev–Trinajstić information content (AvgIpc) is 2.85. The highest BCUT2D eigenvalue weighted by molar-refractivity contribution is 5.93. The Morgan fingerprint density at radius 2 is 1.82 bits per heavy atom. The number of nitrogens with zero attached hydrogens (tertiary/aromatic N) is 1. The number of carbonyl (C=O) groups excluding carboxylic acids is 1. The fraction of sp³-hybridized carbons (Fsp3) is 0.259. The summed E-state index contributed by atoms with van der Waals surface area (Å²) in [5, 5.41) is 6.01. The van der Waals surface area contributed by atoms with E-state index in [-0.39, 0.29) is 23.1 Å². The minimum absolute atomic E-state index is 0.0268. The van der Waals surface area contributed by atoms with Crippen LogP contribution in [0, 0.1) is 0 Å². The van der Waals surface area contributed by atoms with Gasteiger partial charge in [0.05, 0.1) is 12.5 Å². The molecule has 0 bridgehead atoms. The summed E-state index contributed by atoms with van der Waals surface area (Å²) in [6, 6.07) is 21.2. The minimum Gasteiger partial charge on any atom is -0.497 e. The summed E-state index contributed by atoms with van der Waals surface area (Å²) < 4.78 is 10.9. The van der Waals surface area contributed by atoms with E-state index in [4.69, 9.17) is 9.15 Å². The van der Waals surface area contributed by atoms with Gasteiger partial charge in [-0.3, -0.25) is 14.5 Å². The first kappa shape index (κ1) is 21.2. The molecular weight excluding hydrogens is 416 g/mol. The van der Waals surface area contributed by atoms with Crippen LogP contribution in [0.25, 0.3) is 21.7 Å². The number of nitrogens with one attached hydrogen (secondary N) is 1. The fourth-order valence-corrected chi connectivity index (χ4v) is 4.54. The zero-order chi connectivity index (χ0) is 22.8. The van der Waals surface area contributed by atoms with Crippen molar-refractivity contribution in [2.75, 3.05) is 20.2 Å². The second kappa shape index (κ2) is 9.08. The summed E-state index contributed by atoms with van der Waals surface area (Å²) in [4.78, 5) is 27.6. The van der Waals surface area contributed by atoms with E-state index in [0.29, 0.717) is 16.7 Å². The standard InChI is InChI=1S/C27H26N2O4/c1-32-21-9-10-23-24(30)16-26(33-25(23)15-21)27(31)28-20-11-13-29(14-12-20)17-19-7-4-6-18-5-2-3-8-22(18)19/h2-10,15-16,20H,11-14,17H2,1H3,(H,28,31). The van der Waals surface area contributed by atoms with Crippen molar-refractivity contribution < 1.29 is 13.9 Å². The number of benzene rings is 3. The van der Waals surface area contributed by atoms with Crippen LogP contribution in [0.4, 0.5) is 0 Å². The molecule has 6 nitrogen and oxygen atoms in total. The lowest BCUT2D eigenvalue weighted by Gasteiger charge is -2.32. The molecule has 1 amide bonds. The van der Waals surface area contributed by atoms with E-state index < -0.39 is 0 Å². The second-order valence-corrected chi connectivity index (χ2v) is 8.50. The molecule has 2 heterocycles. The number of hydrogen-bond acceptors (Lipinski definition) is 5. The lowest BCUT2D eigenvalue weighted by Crippen LogP contribution is -2.44. The lowest BCUT2D eigenvalue weighted by atomic mass is 10.0. The summed E-state index contributed by atoms with van der Waals surface area (Å²) in [7, 11) is 1.54. The van der Waals surface area contributed by atoms with Crippen LogP contribution in [0.15, 0.2) is 75.9 Å². The molecule has 1 aliphatic heterocycles. The smallest absolute Gasteiger partial charge is 0.287 e. The van der Waals surface area contributed by atoms with E-state index in [2.05, 4.69) is 52.7 Å². The first-order chi connectivity index (χ1) is 16.1. The third-order valence-electron chi connectivity index (χ3n) is 6.36. The molecule has 168 valence electrons. The predicted octanol–water partition coefficient (Wildman–Crippen LogP) is 4.35. The highest BCUT2D eigenvalue weighted by Crippen LogP contribution is 2.23. The van der Waals surface area contributed by atoms with Crippen LogP contribution in [0.2, 0.25) is 0 Å². The molecule has 6 heteroatoms. The maximum Gasteiger partial charge on any atom is 0.287 e. The molecule has 1 aliphatic rings. The summed E-state index contributed by atoms with van der Waals surface area (Å²) in [6.45, 7) is 2.68. The Morgan fingerprint density at radius 3 is 2.64 bits per heavy atom. The van der Waals surface area contributed by atoms with Gasteiger partial charge in [-0.15, -0.1) is 0 Å². The Labute approximate surface area is 191 Å². The van der Waals surface area contributed by atoms with Gasteiger partial charge in [-0.05, 0) is 41.3 Å². The van der Waals surface area contributed by atoms with E-state index in [1.807, 2.05) is 0 Å². The van der Waals surface area contributed by atoms with Crippen molar-refractivity contribution in [3.05, 3.63) is 88.3 Å². The topological polar surface area (TPSA) is 71.8 Å². The van der Waals surface area contributed by atoms with Gasteiger partial charge >= 0.3 is 0 Å². The summed E-state index contributed by atoms with van der Waals surface area (Å²) in [5.74, 6) is 0.241. The zero-order valence-electron chi connectivity index (χ0n) is 18.5. The highest BCUT2D eigenvalue weighted by atomic mass is 16.5. The number of methoxy groups -OCH3 is 1. The molecule has 0 atom stereocenters. The predicted molar refractivity (Wildman–Crippen MR) is 129 cm³/mol. The molecule has 1 N–H and O–H groups in total. The minimum atomic E-state index is -0.357. The molecule has 1 saturated heterocycles. The van der Waals surface area contributed by atoms with Crippen LogP contribution in [0.5, 0.6) is 5.75 Å². The third-order valence-corrected chi connectivity index (χ3v) is 6.36. The van der Waals surface area contributed by atoms with Crippen molar-refractivity contribution >= 4 is 27.6 Å². The Hall–Kier alpha value is -3.64. The number of piperidine rings is 1. The molecule has 0 saturated carbocycles. The summed E-state index contributed by atoms with van der Waals surface area (Å²) in [5.41, 5.74) is 1.43. The normalized spacial score (nSPS) is 15.1.